The minimum atomic E-state index is 0.0283. The molecule has 0 unspecified atom stereocenters. The SMILES string of the molecule is O=c1[nH]c(SCc2ccccc2)nc2c1CSC2. The Balaban J connectivity index is 1.78. The summed E-state index contributed by atoms with van der Waals surface area (Å²) in [5.41, 5.74) is 3.07. The van der Waals surface area contributed by atoms with Crippen LogP contribution in [0.5, 0.6) is 0 Å². The van der Waals surface area contributed by atoms with E-state index < -0.39 is 0 Å². The molecule has 0 saturated heterocycles. The van der Waals surface area contributed by atoms with E-state index in [4.69, 9.17) is 0 Å². The average Bonchev–Trinajstić information content (AvgIpc) is 2.86. The predicted molar refractivity (Wildman–Crippen MR) is 75.9 cm³/mol. The molecule has 0 fully saturated rings. The topological polar surface area (TPSA) is 45.8 Å². The highest BCUT2D eigenvalue weighted by Crippen LogP contribution is 2.27. The van der Waals surface area contributed by atoms with E-state index in [1.807, 2.05) is 18.2 Å². The Labute approximate surface area is 113 Å². The fourth-order valence-corrected chi connectivity index (χ4v) is 3.71. The molecule has 0 bridgehead atoms. The molecule has 0 aliphatic carbocycles. The number of nitrogens with zero attached hydrogens (tertiary/aromatic N) is 1. The van der Waals surface area contributed by atoms with Crippen LogP contribution >= 0.6 is 23.5 Å². The van der Waals surface area contributed by atoms with Crippen LogP contribution in [-0.4, -0.2) is 9.97 Å². The van der Waals surface area contributed by atoms with Crippen LogP contribution in [0, 0.1) is 0 Å². The van der Waals surface area contributed by atoms with Crippen LogP contribution in [0.1, 0.15) is 16.8 Å². The van der Waals surface area contributed by atoms with Gasteiger partial charge in [-0.1, -0.05) is 42.1 Å². The minimum absolute atomic E-state index is 0.0283. The number of fused-ring (bicyclic) bond motifs is 1. The molecule has 2 heterocycles. The molecule has 0 spiro atoms. The van der Waals surface area contributed by atoms with Crippen LogP contribution in [0.3, 0.4) is 0 Å². The predicted octanol–water partition coefficient (Wildman–Crippen LogP) is 2.81. The molecule has 0 atom stereocenters. The van der Waals surface area contributed by atoms with Gasteiger partial charge in [0, 0.05) is 22.8 Å². The van der Waals surface area contributed by atoms with Gasteiger partial charge in [-0.3, -0.25) is 4.79 Å². The van der Waals surface area contributed by atoms with E-state index >= 15 is 0 Å². The molecule has 18 heavy (non-hydrogen) atoms. The van der Waals surface area contributed by atoms with E-state index in [1.165, 1.54) is 5.56 Å². The Hall–Kier alpha value is -1.20. The first-order chi connectivity index (χ1) is 8.83. The molecule has 1 aromatic heterocycles. The number of thioether (sulfide) groups is 2. The zero-order valence-electron chi connectivity index (χ0n) is 9.68. The maximum atomic E-state index is 11.8. The van der Waals surface area contributed by atoms with Crippen molar-refractivity contribution < 1.29 is 0 Å². The van der Waals surface area contributed by atoms with Gasteiger partial charge >= 0.3 is 0 Å². The first-order valence-electron chi connectivity index (χ1n) is 5.69. The summed E-state index contributed by atoms with van der Waals surface area (Å²) in [6, 6.07) is 10.2. The second-order valence-corrected chi connectivity index (χ2v) is 6.01. The smallest absolute Gasteiger partial charge is 0.255 e. The van der Waals surface area contributed by atoms with Crippen molar-refractivity contribution in [3.05, 3.63) is 57.5 Å². The minimum Gasteiger partial charge on any atom is -0.301 e. The largest absolute Gasteiger partial charge is 0.301 e. The number of aromatic nitrogens is 2. The molecule has 1 aliphatic heterocycles. The molecule has 3 rings (SSSR count). The van der Waals surface area contributed by atoms with Gasteiger partial charge in [-0.05, 0) is 5.56 Å². The third-order valence-electron chi connectivity index (χ3n) is 2.78. The van der Waals surface area contributed by atoms with Gasteiger partial charge in [0.25, 0.3) is 5.56 Å². The average molecular weight is 276 g/mol. The number of benzene rings is 1. The molecule has 3 nitrogen and oxygen atoms in total. The first kappa shape index (κ1) is 11.9. The summed E-state index contributed by atoms with van der Waals surface area (Å²) in [5, 5.41) is 0.727. The maximum absolute atomic E-state index is 11.8. The summed E-state index contributed by atoms with van der Waals surface area (Å²) in [6.45, 7) is 0. The van der Waals surface area contributed by atoms with Gasteiger partial charge in [0.05, 0.1) is 5.69 Å². The van der Waals surface area contributed by atoms with Crippen molar-refractivity contribution in [3.8, 4) is 0 Å². The highest BCUT2D eigenvalue weighted by molar-refractivity contribution is 7.98. The van der Waals surface area contributed by atoms with Gasteiger partial charge in [0.2, 0.25) is 0 Å². The molecule has 5 heteroatoms. The first-order valence-corrected chi connectivity index (χ1v) is 7.83. The summed E-state index contributed by atoms with van der Waals surface area (Å²) in [7, 11) is 0. The van der Waals surface area contributed by atoms with Crippen molar-refractivity contribution in [2.45, 2.75) is 22.4 Å². The number of hydrogen-bond donors (Lipinski definition) is 1. The molecule has 1 aliphatic rings. The van der Waals surface area contributed by atoms with Crippen molar-refractivity contribution in [3.63, 3.8) is 0 Å². The highest BCUT2D eigenvalue weighted by atomic mass is 32.2. The molecule has 0 saturated carbocycles. The van der Waals surface area contributed by atoms with Crippen molar-refractivity contribution in [1.82, 2.24) is 9.97 Å². The summed E-state index contributed by atoms with van der Waals surface area (Å²) in [4.78, 5) is 19.2. The van der Waals surface area contributed by atoms with Crippen LogP contribution in [0.15, 0.2) is 40.3 Å². The van der Waals surface area contributed by atoms with Crippen LogP contribution < -0.4 is 5.56 Å². The monoisotopic (exact) mass is 276 g/mol. The van der Waals surface area contributed by atoms with Gasteiger partial charge < -0.3 is 4.98 Å². The third kappa shape index (κ3) is 2.47. The number of hydrogen-bond acceptors (Lipinski definition) is 4. The van der Waals surface area contributed by atoms with Crippen molar-refractivity contribution in [1.29, 1.82) is 0 Å². The number of aromatic amines is 1. The number of nitrogens with one attached hydrogen (secondary N) is 1. The lowest BCUT2D eigenvalue weighted by atomic mass is 10.2. The van der Waals surface area contributed by atoms with Gasteiger partial charge in [0.15, 0.2) is 5.16 Å². The highest BCUT2D eigenvalue weighted by Gasteiger charge is 2.17. The quantitative estimate of drug-likeness (QED) is 0.691. The zero-order chi connectivity index (χ0) is 12.4. The molecule has 2 aromatic rings. The summed E-state index contributed by atoms with van der Waals surface area (Å²) >= 11 is 3.33. The van der Waals surface area contributed by atoms with Crippen molar-refractivity contribution in [2.24, 2.45) is 0 Å². The Bertz CT molecular complexity index is 610. The Morgan fingerprint density at radius 3 is 2.94 bits per heavy atom. The lowest BCUT2D eigenvalue weighted by Crippen LogP contribution is -2.14. The summed E-state index contributed by atoms with van der Waals surface area (Å²) < 4.78 is 0. The lowest BCUT2D eigenvalue weighted by Gasteiger charge is -2.03. The van der Waals surface area contributed by atoms with E-state index in [1.54, 1.807) is 23.5 Å². The van der Waals surface area contributed by atoms with Crippen LogP contribution in [-0.2, 0) is 17.3 Å². The third-order valence-corrected chi connectivity index (χ3v) is 4.70. The Kier molecular flexibility index (Phi) is 3.43. The normalized spacial score (nSPS) is 13.6. The van der Waals surface area contributed by atoms with Gasteiger partial charge in [-0.25, -0.2) is 4.98 Å². The van der Waals surface area contributed by atoms with Gasteiger partial charge in [-0.2, -0.15) is 11.8 Å². The van der Waals surface area contributed by atoms with E-state index in [2.05, 4.69) is 22.1 Å². The van der Waals surface area contributed by atoms with E-state index in [0.29, 0.717) is 0 Å². The van der Waals surface area contributed by atoms with Crippen molar-refractivity contribution in [2.75, 3.05) is 0 Å². The molecule has 92 valence electrons. The van der Waals surface area contributed by atoms with E-state index in [0.717, 1.165) is 33.7 Å². The Morgan fingerprint density at radius 1 is 1.28 bits per heavy atom. The zero-order valence-corrected chi connectivity index (χ0v) is 11.3. The molecule has 1 aromatic carbocycles. The fraction of sp³-hybridized carbons (Fsp3) is 0.231. The van der Waals surface area contributed by atoms with E-state index in [9.17, 15) is 4.79 Å². The summed E-state index contributed by atoms with van der Waals surface area (Å²) in [5.74, 6) is 2.48. The standard InChI is InChI=1S/C13H12N2OS2/c16-12-10-7-17-8-11(10)14-13(15-12)18-6-9-4-2-1-3-5-9/h1-5H,6-8H2,(H,14,15,16). The molecular weight excluding hydrogens is 264 g/mol. The van der Waals surface area contributed by atoms with Gasteiger partial charge in [0.1, 0.15) is 0 Å². The van der Waals surface area contributed by atoms with Crippen molar-refractivity contribution >= 4 is 23.5 Å². The number of rotatable bonds is 3. The fourth-order valence-electron chi connectivity index (χ4n) is 1.83. The molecular formula is C13H12N2OS2. The van der Waals surface area contributed by atoms with E-state index in [-0.39, 0.29) is 5.56 Å². The van der Waals surface area contributed by atoms with Crippen LogP contribution in [0.2, 0.25) is 0 Å². The van der Waals surface area contributed by atoms with Crippen LogP contribution in [0.25, 0.3) is 0 Å². The second-order valence-electron chi connectivity index (χ2n) is 4.06. The maximum Gasteiger partial charge on any atom is 0.255 e. The Morgan fingerprint density at radius 2 is 2.11 bits per heavy atom. The second kappa shape index (κ2) is 5.20. The van der Waals surface area contributed by atoms with Crippen LogP contribution in [0.4, 0.5) is 0 Å². The lowest BCUT2D eigenvalue weighted by molar-refractivity contribution is 0.884. The molecule has 0 amide bonds. The molecule has 1 N–H and O–H groups in total. The summed E-state index contributed by atoms with van der Waals surface area (Å²) in [6.07, 6.45) is 0. The molecule has 0 radical (unpaired) electrons. The number of H-pyrrole nitrogens is 1. The van der Waals surface area contributed by atoms with Gasteiger partial charge in [-0.15, -0.1) is 0 Å².